The third-order valence-corrected chi connectivity index (χ3v) is 2.59. The predicted octanol–water partition coefficient (Wildman–Crippen LogP) is 1.84. The first kappa shape index (κ1) is 10.8. The van der Waals surface area contributed by atoms with Gasteiger partial charge < -0.3 is 0 Å². The third-order valence-electron chi connectivity index (χ3n) is 2.59. The lowest BCUT2D eigenvalue weighted by atomic mass is 10.1. The van der Waals surface area contributed by atoms with E-state index in [-0.39, 0.29) is 0 Å². The van der Waals surface area contributed by atoms with Crippen molar-refractivity contribution in [2.24, 2.45) is 0 Å². The van der Waals surface area contributed by atoms with Crippen molar-refractivity contribution >= 4 is 0 Å². The van der Waals surface area contributed by atoms with Gasteiger partial charge in [-0.25, -0.2) is 0 Å². The van der Waals surface area contributed by atoms with E-state index in [1.165, 1.54) is 19.3 Å². The molecule has 0 aromatic heterocycles. The Kier molecular flexibility index (Phi) is 4.16. The van der Waals surface area contributed by atoms with Gasteiger partial charge in [0.1, 0.15) is 0 Å². The van der Waals surface area contributed by atoms with Crippen molar-refractivity contribution in [2.75, 3.05) is 19.6 Å². The quantitative estimate of drug-likeness (QED) is 0.623. The maximum absolute atomic E-state index is 8.87. The average molecular weight is 189 g/mol. The van der Waals surface area contributed by atoms with Crippen LogP contribution in [0.4, 0.5) is 0 Å². The van der Waals surface area contributed by atoms with Crippen molar-refractivity contribution in [1.82, 2.24) is 4.90 Å². The number of piperidine rings is 1. The Morgan fingerprint density at radius 3 is 2.29 bits per heavy atom. The summed E-state index contributed by atoms with van der Waals surface area (Å²) in [6.07, 6.45) is 3.72. The normalized spacial score (nSPS) is 19.4. The monoisotopic (exact) mass is 189 g/mol. The number of hydrogen-bond acceptors (Lipinski definition) is 3. The highest BCUT2D eigenvalue weighted by Crippen LogP contribution is 2.12. The lowest BCUT2D eigenvalue weighted by Gasteiger charge is -2.25. The molecule has 0 saturated carbocycles. The molecule has 0 atom stereocenters. The molecule has 0 unspecified atom stereocenters. The summed E-state index contributed by atoms with van der Waals surface area (Å²) in [6.45, 7) is 4.48. The van der Waals surface area contributed by atoms with Crippen LogP contribution in [0.25, 0.3) is 0 Å². The first-order valence-electron chi connectivity index (χ1n) is 5.00. The Labute approximate surface area is 85.2 Å². The van der Waals surface area contributed by atoms with Crippen LogP contribution < -0.4 is 0 Å². The van der Waals surface area contributed by atoms with Crippen LogP contribution in [-0.2, 0) is 0 Å². The van der Waals surface area contributed by atoms with E-state index in [1.54, 1.807) is 6.92 Å². The Balaban J connectivity index is 2.58. The van der Waals surface area contributed by atoms with E-state index in [0.717, 1.165) is 13.1 Å². The molecule has 1 saturated heterocycles. The molecule has 0 radical (unpaired) electrons. The lowest BCUT2D eigenvalue weighted by Crippen LogP contribution is -2.31. The van der Waals surface area contributed by atoms with Crippen LogP contribution in [0.3, 0.4) is 0 Å². The number of rotatable bonds is 2. The summed E-state index contributed by atoms with van der Waals surface area (Å²) < 4.78 is 0. The van der Waals surface area contributed by atoms with Gasteiger partial charge in [0.05, 0.1) is 17.7 Å². The standard InChI is InChI=1S/C11H15N3/c1-10(7-12)11(8-13)9-14-5-3-2-4-6-14/h2-6,9H2,1H3/b11-10+. The molecule has 0 bridgehead atoms. The third kappa shape index (κ3) is 2.87. The minimum Gasteiger partial charge on any atom is -0.298 e. The van der Waals surface area contributed by atoms with Gasteiger partial charge in [-0.1, -0.05) is 6.42 Å². The first-order chi connectivity index (χ1) is 6.77. The fourth-order valence-electron chi connectivity index (χ4n) is 1.65. The lowest BCUT2D eigenvalue weighted by molar-refractivity contribution is 0.248. The summed E-state index contributed by atoms with van der Waals surface area (Å²) in [4.78, 5) is 2.25. The second-order valence-corrected chi connectivity index (χ2v) is 3.66. The zero-order valence-electron chi connectivity index (χ0n) is 8.58. The van der Waals surface area contributed by atoms with Crippen LogP contribution in [0.5, 0.6) is 0 Å². The summed E-state index contributed by atoms with van der Waals surface area (Å²) in [5.74, 6) is 0. The van der Waals surface area contributed by atoms with Crippen molar-refractivity contribution < 1.29 is 0 Å². The summed E-state index contributed by atoms with van der Waals surface area (Å²) in [5, 5.41) is 17.6. The Morgan fingerprint density at radius 1 is 1.14 bits per heavy atom. The van der Waals surface area contributed by atoms with Gasteiger partial charge in [0, 0.05) is 12.1 Å². The molecule has 1 aliphatic heterocycles. The van der Waals surface area contributed by atoms with Gasteiger partial charge in [-0.15, -0.1) is 0 Å². The molecule has 0 spiro atoms. The maximum Gasteiger partial charge on any atom is 0.0971 e. The van der Waals surface area contributed by atoms with E-state index >= 15 is 0 Å². The molecule has 14 heavy (non-hydrogen) atoms. The summed E-state index contributed by atoms with van der Waals surface area (Å²) in [7, 11) is 0. The van der Waals surface area contributed by atoms with Gasteiger partial charge in [-0.2, -0.15) is 10.5 Å². The van der Waals surface area contributed by atoms with Crippen LogP contribution in [0, 0.1) is 22.7 Å². The van der Waals surface area contributed by atoms with E-state index in [2.05, 4.69) is 11.0 Å². The van der Waals surface area contributed by atoms with E-state index in [4.69, 9.17) is 10.5 Å². The molecule has 0 aromatic rings. The Morgan fingerprint density at radius 2 is 1.79 bits per heavy atom. The second-order valence-electron chi connectivity index (χ2n) is 3.66. The number of likely N-dealkylation sites (tertiary alicyclic amines) is 1. The Hall–Kier alpha value is -1.32. The molecule has 0 amide bonds. The molecule has 1 rings (SSSR count). The molecule has 0 aliphatic carbocycles. The molecule has 1 fully saturated rings. The van der Waals surface area contributed by atoms with Crippen molar-refractivity contribution in [3.8, 4) is 12.1 Å². The minimum atomic E-state index is 0.554. The van der Waals surface area contributed by atoms with Gasteiger partial charge in [-0.3, -0.25) is 4.90 Å². The van der Waals surface area contributed by atoms with Crippen LogP contribution >= 0.6 is 0 Å². The van der Waals surface area contributed by atoms with Crippen LogP contribution in [0.2, 0.25) is 0 Å². The topological polar surface area (TPSA) is 50.8 Å². The zero-order chi connectivity index (χ0) is 10.4. The minimum absolute atomic E-state index is 0.554. The molecule has 0 N–H and O–H groups in total. The van der Waals surface area contributed by atoms with Crippen molar-refractivity contribution in [1.29, 1.82) is 10.5 Å². The van der Waals surface area contributed by atoms with E-state index in [1.807, 2.05) is 6.07 Å². The fourth-order valence-corrected chi connectivity index (χ4v) is 1.65. The highest BCUT2D eigenvalue weighted by Gasteiger charge is 2.12. The van der Waals surface area contributed by atoms with Gasteiger partial charge in [0.2, 0.25) is 0 Å². The molecule has 1 heterocycles. The molecule has 1 aliphatic rings. The molecular formula is C11H15N3. The molecule has 3 nitrogen and oxygen atoms in total. The zero-order valence-corrected chi connectivity index (χ0v) is 8.58. The molecule has 0 aromatic carbocycles. The molecule has 74 valence electrons. The first-order valence-corrected chi connectivity index (χ1v) is 5.00. The number of allylic oxidation sites excluding steroid dienone is 1. The SMILES string of the molecule is C/C(C#N)=C(/C#N)CN1CCCCC1. The highest BCUT2D eigenvalue weighted by molar-refractivity contribution is 5.36. The average Bonchev–Trinajstić information content (AvgIpc) is 2.26. The van der Waals surface area contributed by atoms with E-state index < -0.39 is 0 Å². The van der Waals surface area contributed by atoms with Crippen molar-refractivity contribution in [3.05, 3.63) is 11.1 Å². The number of nitrogens with zero attached hydrogens (tertiary/aromatic N) is 3. The van der Waals surface area contributed by atoms with Crippen LogP contribution in [0.1, 0.15) is 26.2 Å². The smallest absolute Gasteiger partial charge is 0.0971 e. The van der Waals surface area contributed by atoms with Gasteiger partial charge >= 0.3 is 0 Å². The predicted molar refractivity (Wildman–Crippen MR) is 54.2 cm³/mol. The Bertz CT molecular complexity index is 297. The van der Waals surface area contributed by atoms with Crippen LogP contribution in [0.15, 0.2) is 11.1 Å². The van der Waals surface area contributed by atoms with E-state index in [9.17, 15) is 0 Å². The van der Waals surface area contributed by atoms with Gasteiger partial charge in [-0.05, 0) is 32.9 Å². The highest BCUT2D eigenvalue weighted by atomic mass is 15.1. The van der Waals surface area contributed by atoms with Crippen molar-refractivity contribution in [2.45, 2.75) is 26.2 Å². The largest absolute Gasteiger partial charge is 0.298 e. The van der Waals surface area contributed by atoms with Crippen LogP contribution in [-0.4, -0.2) is 24.5 Å². The number of nitriles is 2. The van der Waals surface area contributed by atoms with Crippen molar-refractivity contribution in [3.63, 3.8) is 0 Å². The summed E-state index contributed by atoms with van der Waals surface area (Å²) in [6, 6.07) is 4.15. The van der Waals surface area contributed by atoms with E-state index in [0.29, 0.717) is 17.7 Å². The fraction of sp³-hybridized carbons (Fsp3) is 0.636. The summed E-state index contributed by atoms with van der Waals surface area (Å²) in [5.41, 5.74) is 1.17. The molecule has 3 heteroatoms. The second kappa shape index (κ2) is 5.42. The maximum atomic E-state index is 8.87. The number of hydrogen-bond donors (Lipinski definition) is 0. The van der Waals surface area contributed by atoms with Gasteiger partial charge in [0.15, 0.2) is 0 Å². The summed E-state index contributed by atoms with van der Waals surface area (Å²) >= 11 is 0. The molecular weight excluding hydrogens is 174 g/mol. The van der Waals surface area contributed by atoms with Gasteiger partial charge in [0.25, 0.3) is 0 Å².